The number of aliphatic hydroxyl groups excluding tert-OH is 1. The smallest absolute Gasteiger partial charge is 0.275 e. The average molecular weight is 342 g/mol. The molecule has 0 saturated carbocycles. The molecule has 1 aliphatic heterocycles. The SMILES string of the molecule is CN1C(=O)COC[C@@H]1[C@H](O)c1ccc(NC(=O)c2cnccn2)cc1. The normalized spacial score (nSPS) is 18.7. The van der Waals surface area contributed by atoms with E-state index in [1.807, 2.05) is 0 Å². The van der Waals surface area contributed by atoms with Gasteiger partial charge in [-0.3, -0.25) is 14.6 Å². The van der Waals surface area contributed by atoms with Gasteiger partial charge in [-0.2, -0.15) is 0 Å². The van der Waals surface area contributed by atoms with Crippen molar-refractivity contribution in [1.29, 1.82) is 0 Å². The van der Waals surface area contributed by atoms with Crippen molar-refractivity contribution in [3.05, 3.63) is 54.1 Å². The molecule has 3 rings (SSSR count). The van der Waals surface area contributed by atoms with Gasteiger partial charge < -0.3 is 20.1 Å². The third-order valence-corrected chi connectivity index (χ3v) is 4.08. The summed E-state index contributed by atoms with van der Waals surface area (Å²) in [5.74, 6) is -0.532. The molecule has 1 aromatic heterocycles. The van der Waals surface area contributed by atoms with Crippen LogP contribution in [0.15, 0.2) is 42.9 Å². The van der Waals surface area contributed by atoms with Gasteiger partial charge in [-0.15, -0.1) is 0 Å². The van der Waals surface area contributed by atoms with Gasteiger partial charge in [0.1, 0.15) is 18.4 Å². The number of aromatic nitrogens is 2. The number of ether oxygens (including phenoxy) is 1. The number of morpholine rings is 1. The van der Waals surface area contributed by atoms with Crippen LogP contribution in [0.5, 0.6) is 0 Å². The molecule has 0 bridgehead atoms. The summed E-state index contributed by atoms with van der Waals surface area (Å²) in [4.78, 5) is 33.0. The van der Waals surface area contributed by atoms with Crippen molar-refractivity contribution in [2.75, 3.05) is 25.6 Å². The Kier molecular flexibility index (Phi) is 5.01. The Labute approximate surface area is 144 Å². The molecule has 2 aromatic rings. The van der Waals surface area contributed by atoms with E-state index in [4.69, 9.17) is 4.74 Å². The Morgan fingerprint density at radius 1 is 1.36 bits per heavy atom. The van der Waals surface area contributed by atoms with Gasteiger partial charge in [0.25, 0.3) is 5.91 Å². The number of nitrogens with zero attached hydrogens (tertiary/aromatic N) is 3. The van der Waals surface area contributed by atoms with Crippen molar-refractivity contribution in [3.8, 4) is 0 Å². The molecule has 8 heteroatoms. The average Bonchev–Trinajstić information content (AvgIpc) is 2.65. The molecular formula is C17H18N4O4. The second-order valence-corrected chi connectivity index (χ2v) is 5.70. The Morgan fingerprint density at radius 3 is 2.80 bits per heavy atom. The van der Waals surface area contributed by atoms with E-state index in [1.54, 1.807) is 31.3 Å². The minimum Gasteiger partial charge on any atom is -0.386 e. The number of hydrogen-bond acceptors (Lipinski definition) is 6. The molecule has 25 heavy (non-hydrogen) atoms. The lowest BCUT2D eigenvalue weighted by atomic mass is 10.0. The topological polar surface area (TPSA) is 105 Å². The molecule has 1 saturated heterocycles. The van der Waals surface area contributed by atoms with Crippen molar-refractivity contribution < 1.29 is 19.4 Å². The van der Waals surface area contributed by atoms with Crippen LogP contribution in [0.4, 0.5) is 5.69 Å². The Balaban J connectivity index is 1.67. The molecule has 2 N–H and O–H groups in total. The Hall–Kier alpha value is -2.84. The standard InChI is InChI=1S/C17H18N4O4/c1-21-14(9-25-10-15(21)22)16(23)11-2-4-12(5-3-11)20-17(24)13-8-18-6-7-19-13/h2-8,14,16,23H,9-10H2,1H3,(H,20,24)/t14-,16-/m1/s1. The summed E-state index contributed by atoms with van der Waals surface area (Å²) in [6.07, 6.45) is 3.44. The molecule has 2 amide bonds. The van der Waals surface area contributed by atoms with Gasteiger partial charge >= 0.3 is 0 Å². The van der Waals surface area contributed by atoms with Crippen molar-refractivity contribution in [2.24, 2.45) is 0 Å². The maximum absolute atomic E-state index is 12.0. The highest BCUT2D eigenvalue weighted by molar-refractivity contribution is 6.02. The maximum Gasteiger partial charge on any atom is 0.275 e. The van der Waals surface area contributed by atoms with Crippen LogP contribution < -0.4 is 5.32 Å². The van der Waals surface area contributed by atoms with Crippen molar-refractivity contribution in [1.82, 2.24) is 14.9 Å². The molecule has 2 atom stereocenters. The predicted molar refractivity (Wildman–Crippen MR) is 88.8 cm³/mol. The van der Waals surface area contributed by atoms with Crippen molar-refractivity contribution in [3.63, 3.8) is 0 Å². The van der Waals surface area contributed by atoms with Crippen molar-refractivity contribution >= 4 is 17.5 Å². The van der Waals surface area contributed by atoms with Crippen LogP contribution in [0.3, 0.4) is 0 Å². The van der Waals surface area contributed by atoms with E-state index in [-0.39, 0.29) is 30.7 Å². The molecule has 1 aliphatic rings. The number of likely N-dealkylation sites (N-methyl/N-ethyl adjacent to an activating group) is 1. The quantitative estimate of drug-likeness (QED) is 0.844. The minimum atomic E-state index is -0.876. The predicted octanol–water partition coefficient (Wildman–Crippen LogP) is 0.619. The summed E-state index contributed by atoms with van der Waals surface area (Å²) in [6.45, 7) is 0.307. The lowest BCUT2D eigenvalue weighted by Crippen LogP contribution is -2.49. The largest absolute Gasteiger partial charge is 0.386 e. The number of carbonyl (C=O) groups is 2. The van der Waals surface area contributed by atoms with Crippen LogP contribution in [0.2, 0.25) is 0 Å². The minimum absolute atomic E-state index is 0.0348. The van der Waals surface area contributed by atoms with E-state index in [2.05, 4.69) is 15.3 Å². The van der Waals surface area contributed by atoms with Gasteiger partial charge in [-0.05, 0) is 17.7 Å². The Bertz CT molecular complexity index is 751. The first-order chi connectivity index (χ1) is 12.1. The van der Waals surface area contributed by atoms with Crippen LogP contribution in [0.1, 0.15) is 22.2 Å². The highest BCUT2D eigenvalue weighted by Crippen LogP contribution is 2.24. The summed E-state index contributed by atoms with van der Waals surface area (Å²) in [7, 11) is 1.65. The van der Waals surface area contributed by atoms with Crippen LogP contribution in [-0.4, -0.2) is 58.1 Å². The van der Waals surface area contributed by atoms with E-state index in [0.29, 0.717) is 11.3 Å². The van der Waals surface area contributed by atoms with Gasteiger partial charge in [0, 0.05) is 25.1 Å². The summed E-state index contributed by atoms with van der Waals surface area (Å²) in [5.41, 5.74) is 1.41. The molecule has 130 valence electrons. The summed E-state index contributed by atoms with van der Waals surface area (Å²) in [6, 6.07) is 6.31. The van der Waals surface area contributed by atoms with Gasteiger partial charge in [-0.25, -0.2) is 4.98 Å². The lowest BCUT2D eigenvalue weighted by molar-refractivity contribution is -0.151. The number of amides is 2. The molecule has 2 heterocycles. The summed E-state index contributed by atoms with van der Waals surface area (Å²) in [5, 5.41) is 13.2. The number of benzene rings is 1. The number of aliphatic hydroxyl groups is 1. The van der Waals surface area contributed by atoms with E-state index in [0.717, 1.165) is 0 Å². The van der Waals surface area contributed by atoms with Crippen LogP contribution >= 0.6 is 0 Å². The first-order valence-electron chi connectivity index (χ1n) is 7.75. The maximum atomic E-state index is 12.0. The molecule has 0 aliphatic carbocycles. The first kappa shape index (κ1) is 17.0. The highest BCUT2D eigenvalue weighted by Gasteiger charge is 2.32. The molecular weight excluding hydrogens is 324 g/mol. The molecule has 8 nitrogen and oxygen atoms in total. The number of nitrogens with one attached hydrogen (secondary N) is 1. The third kappa shape index (κ3) is 3.81. The van der Waals surface area contributed by atoms with E-state index in [1.165, 1.54) is 23.5 Å². The first-order valence-corrected chi connectivity index (χ1v) is 7.75. The fraction of sp³-hybridized carbons (Fsp3) is 0.294. The Morgan fingerprint density at radius 2 is 2.12 bits per heavy atom. The van der Waals surface area contributed by atoms with E-state index in [9.17, 15) is 14.7 Å². The van der Waals surface area contributed by atoms with Gasteiger partial charge in [-0.1, -0.05) is 12.1 Å². The van der Waals surface area contributed by atoms with Gasteiger partial charge in [0.2, 0.25) is 5.91 Å². The molecule has 0 radical (unpaired) electrons. The van der Waals surface area contributed by atoms with Gasteiger partial charge in [0.05, 0.1) is 18.8 Å². The third-order valence-electron chi connectivity index (χ3n) is 4.08. The zero-order chi connectivity index (χ0) is 17.8. The lowest BCUT2D eigenvalue weighted by Gasteiger charge is -2.35. The second kappa shape index (κ2) is 7.37. The summed E-state index contributed by atoms with van der Waals surface area (Å²) < 4.78 is 5.21. The number of carbonyl (C=O) groups excluding carboxylic acids is 2. The van der Waals surface area contributed by atoms with Crippen LogP contribution in [0.25, 0.3) is 0 Å². The fourth-order valence-electron chi connectivity index (χ4n) is 2.57. The molecule has 0 spiro atoms. The van der Waals surface area contributed by atoms with E-state index >= 15 is 0 Å². The zero-order valence-electron chi connectivity index (χ0n) is 13.6. The molecule has 1 fully saturated rings. The molecule has 0 unspecified atom stereocenters. The number of hydrogen-bond donors (Lipinski definition) is 2. The monoisotopic (exact) mass is 342 g/mol. The number of rotatable bonds is 4. The van der Waals surface area contributed by atoms with Gasteiger partial charge in [0.15, 0.2) is 0 Å². The second-order valence-electron chi connectivity index (χ2n) is 5.70. The zero-order valence-corrected chi connectivity index (χ0v) is 13.6. The number of anilines is 1. The van der Waals surface area contributed by atoms with E-state index < -0.39 is 12.1 Å². The highest BCUT2D eigenvalue weighted by atomic mass is 16.5. The van der Waals surface area contributed by atoms with Crippen LogP contribution in [0, 0.1) is 0 Å². The van der Waals surface area contributed by atoms with Crippen molar-refractivity contribution in [2.45, 2.75) is 12.1 Å². The fourth-order valence-corrected chi connectivity index (χ4v) is 2.57. The van der Waals surface area contributed by atoms with Crippen LogP contribution in [-0.2, 0) is 9.53 Å². The molecule has 1 aromatic carbocycles. The summed E-state index contributed by atoms with van der Waals surface area (Å²) >= 11 is 0.